The Hall–Kier alpha value is -2.44. The highest BCUT2D eigenvalue weighted by Gasteiger charge is 2.29. The molecule has 0 aliphatic carbocycles. The average Bonchev–Trinajstić information content (AvgIpc) is 3.27. The molecule has 1 amide bonds. The molecular weight excluding hydrogens is 435 g/mol. The summed E-state index contributed by atoms with van der Waals surface area (Å²) in [6.45, 7) is 7.61. The molecule has 0 spiro atoms. The molecule has 0 saturated carbocycles. The molecule has 1 N–H and O–H groups in total. The first kappa shape index (κ1) is 21.8. The van der Waals surface area contributed by atoms with Gasteiger partial charge < -0.3 is 19.5 Å². The number of fused-ring (bicyclic) bond motifs is 1. The summed E-state index contributed by atoms with van der Waals surface area (Å²) in [6, 6.07) is 13.6. The minimum absolute atomic E-state index is 0.00207. The van der Waals surface area contributed by atoms with Crippen LogP contribution in [-0.2, 0) is 11.3 Å². The van der Waals surface area contributed by atoms with Crippen LogP contribution in [0.15, 0.2) is 42.5 Å². The summed E-state index contributed by atoms with van der Waals surface area (Å²) in [5.74, 6) is 0.862. The van der Waals surface area contributed by atoms with Crippen LogP contribution in [0, 0.1) is 0 Å². The molecule has 1 aromatic heterocycles. The van der Waals surface area contributed by atoms with Crippen molar-refractivity contribution in [3.8, 4) is 0 Å². The molecule has 1 saturated heterocycles. The smallest absolute Gasteiger partial charge is 0.407 e. The van der Waals surface area contributed by atoms with Gasteiger partial charge in [0.1, 0.15) is 5.60 Å². The van der Waals surface area contributed by atoms with Crippen LogP contribution in [0.3, 0.4) is 0 Å². The SMILES string of the molecule is CC(C)(C)OC(=O)N[C@H]1CCN(c2nc3ccccc3n2Cc2ccc(Cl)cc2Cl)C1. The van der Waals surface area contributed by atoms with E-state index in [1.165, 1.54) is 0 Å². The summed E-state index contributed by atoms with van der Waals surface area (Å²) in [5, 5.41) is 4.22. The van der Waals surface area contributed by atoms with Gasteiger partial charge in [-0.05, 0) is 57.0 Å². The van der Waals surface area contributed by atoms with Crippen LogP contribution in [0.1, 0.15) is 32.8 Å². The van der Waals surface area contributed by atoms with Gasteiger partial charge in [0.25, 0.3) is 0 Å². The Bertz CT molecular complexity index is 1110. The summed E-state index contributed by atoms with van der Waals surface area (Å²) in [7, 11) is 0. The van der Waals surface area contributed by atoms with E-state index in [0.717, 1.165) is 35.5 Å². The second-order valence-electron chi connectivity index (χ2n) is 8.80. The van der Waals surface area contributed by atoms with Gasteiger partial charge in [-0.3, -0.25) is 0 Å². The molecule has 0 radical (unpaired) electrons. The van der Waals surface area contributed by atoms with Crippen LogP contribution in [0.4, 0.5) is 10.7 Å². The number of anilines is 1. The lowest BCUT2D eigenvalue weighted by Gasteiger charge is -2.22. The zero-order chi connectivity index (χ0) is 22.2. The van der Waals surface area contributed by atoms with E-state index < -0.39 is 5.60 Å². The number of imidazole rings is 1. The number of halogens is 2. The standard InChI is InChI=1S/C23H26Cl2N4O2/c1-23(2,3)31-22(30)26-17-10-11-28(14-17)21-27-19-6-4-5-7-20(19)29(21)13-15-8-9-16(24)12-18(15)25/h4-9,12,17H,10-11,13-14H2,1-3H3,(H,26,30)/t17-/m0/s1. The van der Waals surface area contributed by atoms with Crippen LogP contribution in [0.5, 0.6) is 0 Å². The number of rotatable bonds is 4. The van der Waals surface area contributed by atoms with Crippen molar-refractivity contribution in [1.29, 1.82) is 0 Å². The number of ether oxygens (including phenoxy) is 1. The van der Waals surface area contributed by atoms with Gasteiger partial charge in [-0.1, -0.05) is 41.4 Å². The highest BCUT2D eigenvalue weighted by molar-refractivity contribution is 6.35. The second kappa shape index (κ2) is 8.60. The molecule has 2 heterocycles. The number of nitrogens with one attached hydrogen (secondary N) is 1. The van der Waals surface area contributed by atoms with E-state index in [0.29, 0.717) is 23.1 Å². The van der Waals surface area contributed by atoms with Crippen LogP contribution >= 0.6 is 23.2 Å². The third-order valence-corrected chi connectivity index (χ3v) is 5.76. The molecule has 164 valence electrons. The van der Waals surface area contributed by atoms with E-state index in [4.69, 9.17) is 32.9 Å². The number of carbonyl (C=O) groups is 1. The minimum Gasteiger partial charge on any atom is -0.444 e. The lowest BCUT2D eigenvalue weighted by Crippen LogP contribution is -2.40. The lowest BCUT2D eigenvalue weighted by molar-refractivity contribution is 0.0509. The maximum atomic E-state index is 12.2. The first-order valence-electron chi connectivity index (χ1n) is 10.3. The number of nitrogens with zero attached hydrogens (tertiary/aromatic N) is 3. The molecule has 1 aliphatic heterocycles. The number of carbonyl (C=O) groups excluding carboxylic acids is 1. The summed E-state index contributed by atoms with van der Waals surface area (Å²) >= 11 is 12.5. The number of para-hydroxylation sites is 2. The number of benzene rings is 2. The monoisotopic (exact) mass is 460 g/mol. The summed E-state index contributed by atoms with van der Waals surface area (Å²) in [4.78, 5) is 19.3. The molecule has 4 rings (SSSR count). The molecule has 3 aromatic rings. The zero-order valence-corrected chi connectivity index (χ0v) is 19.4. The third-order valence-electron chi connectivity index (χ3n) is 5.17. The van der Waals surface area contributed by atoms with Crippen LogP contribution in [0.2, 0.25) is 10.0 Å². The largest absolute Gasteiger partial charge is 0.444 e. The average molecular weight is 461 g/mol. The van der Waals surface area contributed by atoms with E-state index in [1.807, 2.05) is 51.1 Å². The van der Waals surface area contributed by atoms with Crippen molar-refractivity contribution in [2.45, 2.75) is 45.4 Å². The quantitative estimate of drug-likeness (QED) is 0.558. The summed E-state index contributed by atoms with van der Waals surface area (Å²) in [6.07, 6.45) is 0.435. The molecule has 0 unspecified atom stereocenters. The molecule has 0 bridgehead atoms. The van der Waals surface area contributed by atoms with Crippen LogP contribution < -0.4 is 10.2 Å². The van der Waals surface area contributed by atoms with Gasteiger partial charge in [0.2, 0.25) is 5.95 Å². The fraction of sp³-hybridized carbons (Fsp3) is 0.391. The fourth-order valence-electron chi connectivity index (χ4n) is 3.81. The summed E-state index contributed by atoms with van der Waals surface area (Å²) < 4.78 is 7.57. The molecule has 1 fully saturated rings. The predicted molar refractivity (Wildman–Crippen MR) is 125 cm³/mol. The lowest BCUT2D eigenvalue weighted by atomic mass is 10.2. The fourth-order valence-corrected chi connectivity index (χ4v) is 4.28. The molecule has 1 atom stereocenters. The highest BCUT2D eigenvalue weighted by atomic mass is 35.5. The minimum atomic E-state index is -0.520. The number of aromatic nitrogens is 2. The second-order valence-corrected chi connectivity index (χ2v) is 9.64. The molecule has 1 aliphatic rings. The Balaban J connectivity index is 1.58. The van der Waals surface area contributed by atoms with E-state index >= 15 is 0 Å². The van der Waals surface area contributed by atoms with Crippen molar-refractivity contribution in [3.63, 3.8) is 0 Å². The van der Waals surface area contributed by atoms with Crippen molar-refractivity contribution < 1.29 is 9.53 Å². The van der Waals surface area contributed by atoms with E-state index in [1.54, 1.807) is 6.07 Å². The number of amides is 1. The van der Waals surface area contributed by atoms with E-state index in [9.17, 15) is 4.79 Å². The van der Waals surface area contributed by atoms with Crippen molar-refractivity contribution in [3.05, 3.63) is 58.1 Å². The Morgan fingerprint density at radius 1 is 1.23 bits per heavy atom. The molecular formula is C23H26Cl2N4O2. The Morgan fingerprint density at radius 2 is 2.00 bits per heavy atom. The Morgan fingerprint density at radius 3 is 2.74 bits per heavy atom. The molecule has 31 heavy (non-hydrogen) atoms. The van der Waals surface area contributed by atoms with Gasteiger partial charge in [-0.25, -0.2) is 9.78 Å². The van der Waals surface area contributed by atoms with Crippen molar-refractivity contribution in [2.24, 2.45) is 0 Å². The predicted octanol–water partition coefficient (Wildman–Crippen LogP) is 5.49. The van der Waals surface area contributed by atoms with E-state index in [2.05, 4.69) is 20.9 Å². The van der Waals surface area contributed by atoms with E-state index in [-0.39, 0.29) is 12.1 Å². The molecule has 2 aromatic carbocycles. The molecule has 6 nitrogen and oxygen atoms in total. The van der Waals surface area contributed by atoms with Crippen molar-refractivity contribution >= 4 is 46.3 Å². The topological polar surface area (TPSA) is 59.4 Å². The first-order chi connectivity index (χ1) is 14.7. The Kier molecular flexibility index (Phi) is 6.04. The first-order valence-corrected chi connectivity index (χ1v) is 11.1. The normalized spacial score (nSPS) is 16.7. The maximum Gasteiger partial charge on any atom is 0.407 e. The highest BCUT2D eigenvalue weighted by Crippen LogP contribution is 2.29. The number of hydrogen-bond donors (Lipinski definition) is 1. The summed E-state index contributed by atoms with van der Waals surface area (Å²) in [5.41, 5.74) is 2.41. The van der Waals surface area contributed by atoms with Gasteiger partial charge in [-0.15, -0.1) is 0 Å². The van der Waals surface area contributed by atoms with Crippen molar-refractivity contribution in [2.75, 3.05) is 18.0 Å². The van der Waals surface area contributed by atoms with Crippen molar-refractivity contribution in [1.82, 2.24) is 14.9 Å². The van der Waals surface area contributed by atoms with Crippen LogP contribution in [-0.4, -0.2) is 40.4 Å². The maximum absolute atomic E-state index is 12.2. The molecule has 8 heteroatoms. The zero-order valence-electron chi connectivity index (χ0n) is 17.9. The number of hydrogen-bond acceptors (Lipinski definition) is 4. The van der Waals surface area contributed by atoms with Gasteiger partial charge in [-0.2, -0.15) is 0 Å². The van der Waals surface area contributed by atoms with Gasteiger partial charge in [0.05, 0.1) is 23.6 Å². The van der Waals surface area contributed by atoms with Gasteiger partial charge in [0.15, 0.2) is 0 Å². The van der Waals surface area contributed by atoms with Gasteiger partial charge in [0, 0.05) is 23.1 Å². The Labute approximate surface area is 192 Å². The third kappa shape index (κ3) is 5.08. The number of alkyl carbamates (subject to hydrolysis) is 1. The van der Waals surface area contributed by atoms with Gasteiger partial charge >= 0.3 is 6.09 Å². The van der Waals surface area contributed by atoms with Crippen LogP contribution in [0.25, 0.3) is 11.0 Å².